The summed E-state index contributed by atoms with van der Waals surface area (Å²) in [7, 11) is -1.38. The first kappa shape index (κ1) is 12.5. The van der Waals surface area contributed by atoms with Crippen LogP contribution < -0.4 is 5.32 Å². The molecule has 0 aliphatic rings. The van der Waals surface area contributed by atoms with Crippen molar-refractivity contribution in [3.63, 3.8) is 0 Å². The molecule has 0 atom stereocenters. The van der Waals surface area contributed by atoms with Crippen molar-refractivity contribution in [2.45, 2.75) is 11.3 Å². The van der Waals surface area contributed by atoms with E-state index in [-0.39, 0.29) is 5.75 Å². The first-order valence-corrected chi connectivity index (χ1v) is 6.72. The second-order valence-corrected chi connectivity index (χ2v) is 5.78. The van der Waals surface area contributed by atoms with E-state index < -0.39 is 9.84 Å². The van der Waals surface area contributed by atoms with Gasteiger partial charge in [0.1, 0.15) is 0 Å². The molecule has 0 aliphatic heterocycles. The molecule has 15 heavy (non-hydrogen) atoms. The number of benzene rings is 1. The molecule has 0 heterocycles. The minimum Gasteiger partial charge on any atom is -0.320 e. The lowest BCUT2D eigenvalue weighted by molar-refractivity contribution is 0.592. The molecule has 0 unspecified atom stereocenters. The van der Waals surface area contributed by atoms with E-state index in [0.29, 0.717) is 22.9 Å². The summed E-state index contributed by atoms with van der Waals surface area (Å²) in [4.78, 5) is 0.297. The van der Waals surface area contributed by atoms with Crippen LogP contribution in [0.25, 0.3) is 0 Å². The Hall–Kier alpha value is -0.580. The molecule has 0 aliphatic carbocycles. The van der Waals surface area contributed by atoms with E-state index in [1.165, 1.54) is 6.07 Å². The molecule has 5 heteroatoms. The van der Waals surface area contributed by atoms with Gasteiger partial charge in [-0.1, -0.05) is 17.7 Å². The SMILES string of the molecule is CNCCCS(=O)(=O)c1cccc(Cl)c1. The molecule has 0 bridgehead atoms. The minimum atomic E-state index is -3.18. The van der Waals surface area contributed by atoms with Crippen molar-refractivity contribution in [1.82, 2.24) is 5.32 Å². The molecule has 0 fully saturated rings. The van der Waals surface area contributed by atoms with Crippen molar-refractivity contribution in [2.75, 3.05) is 19.3 Å². The van der Waals surface area contributed by atoms with Gasteiger partial charge in [0.15, 0.2) is 9.84 Å². The Morgan fingerprint density at radius 2 is 2.13 bits per heavy atom. The summed E-state index contributed by atoms with van der Waals surface area (Å²) in [6, 6.07) is 6.36. The van der Waals surface area contributed by atoms with E-state index in [2.05, 4.69) is 5.32 Å². The van der Waals surface area contributed by atoms with Crippen LogP contribution in [0.2, 0.25) is 5.02 Å². The largest absolute Gasteiger partial charge is 0.320 e. The molecular weight excluding hydrogens is 234 g/mol. The van der Waals surface area contributed by atoms with E-state index in [9.17, 15) is 8.42 Å². The molecule has 1 aromatic rings. The van der Waals surface area contributed by atoms with Crippen LogP contribution in [0.4, 0.5) is 0 Å². The first-order chi connectivity index (χ1) is 7.06. The average molecular weight is 248 g/mol. The van der Waals surface area contributed by atoms with Gasteiger partial charge >= 0.3 is 0 Å². The number of nitrogens with one attached hydrogen (secondary N) is 1. The summed E-state index contributed by atoms with van der Waals surface area (Å²) in [6.07, 6.45) is 0.603. The van der Waals surface area contributed by atoms with Gasteiger partial charge < -0.3 is 5.32 Å². The maximum absolute atomic E-state index is 11.8. The zero-order valence-corrected chi connectivity index (χ0v) is 10.1. The lowest BCUT2D eigenvalue weighted by Gasteiger charge is -2.04. The Bertz CT molecular complexity index is 417. The standard InChI is InChI=1S/C10H14ClNO2S/c1-12-6-3-7-15(13,14)10-5-2-4-9(11)8-10/h2,4-5,8,12H,3,6-7H2,1H3. The zero-order chi connectivity index (χ0) is 11.3. The second-order valence-electron chi connectivity index (χ2n) is 3.23. The third-order valence-corrected chi connectivity index (χ3v) is 4.03. The van der Waals surface area contributed by atoms with Gasteiger partial charge in [-0.15, -0.1) is 0 Å². The summed E-state index contributed by atoms with van der Waals surface area (Å²) in [5, 5.41) is 3.36. The number of hydrogen-bond acceptors (Lipinski definition) is 3. The van der Waals surface area contributed by atoms with Crippen molar-refractivity contribution in [3.05, 3.63) is 29.3 Å². The molecule has 1 aromatic carbocycles. The average Bonchev–Trinajstić information content (AvgIpc) is 2.18. The van der Waals surface area contributed by atoms with Crippen molar-refractivity contribution in [3.8, 4) is 0 Å². The third-order valence-electron chi connectivity index (χ3n) is 2.00. The summed E-state index contributed by atoms with van der Waals surface area (Å²) in [5.41, 5.74) is 0. The van der Waals surface area contributed by atoms with Crippen LogP contribution in [0.3, 0.4) is 0 Å². The molecule has 0 aromatic heterocycles. The Balaban J connectivity index is 2.77. The summed E-state index contributed by atoms with van der Waals surface area (Å²) in [5.74, 6) is 0.147. The van der Waals surface area contributed by atoms with E-state index in [4.69, 9.17) is 11.6 Å². The molecule has 0 radical (unpaired) electrons. The van der Waals surface area contributed by atoms with Crippen LogP contribution in [0, 0.1) is 0 Å². The fraction of sp³-hybridized carbons (Fsp3) is 0.400. The van der Waals surface area contributed by atoms with Crippen molar-refractivity contribution in [1.29, 1.82) is 0 Å². The number of rotatable bonds is 5. The van der Waals surface area contributed by atoms with Crippen LogP contribution in [-0.4, -0.2) is 27.8 Å². The van der Waals surface area contributed by atoms with Crippen molar-refractivity contribution >= 4 is 21.4 Å². The molecule has 84 valence electrons. The highest BCUT2D eigenvalue weighted by molar-refractivity contribution is 7.91. The molecule has 0 amide bonds. The fourth-order valence-corrected chi connectivity index (χ4v) is 2.82. The molecule has 0 spiro atoms. The lowest BCUT2D eigenvalue weighted by atomic mass is 10.4. The number of halogens is 1. The molecule has 1 N–H and O–H groups in total. The third kappa shape index (κ3) is 3.81. The molecule has 0 saturated carbocycles. The van der Waals surface area contributed by atoms with E-state index in [0.717, 1.165) is 0 Å². The second kappa shape index (κ2) is 5.49. The topological polar surface area (TPSA) is 46.2 Å². The maximum Gasteiger partial charge on any atom is 0.178 e. The van der Waals surface area contributed by atoms with Crippen LogP contribution in [0.1, 0.15) is 6.42 Å². The van der Waals surface area contributed by atoms with Gasteiger partial charge in [0.2, 0.25) is 0 Å². The maximum atomic E-state index is 11.8. The van der Waals surface area contributed by atoms with Crippen molar-refractivity contribution in [2.24, 2.45) is 0 Å². The molecule has 1 rings (SSSR count). The minimum absolute atomic E-state index is 0.147. The number of sulfone groups is 1. The first-order valence-electron chi connectivity index (χ1n) is 4.69. The van der Waals surface area contributed by atoms with Gasteiger partial charge in [0.05, 0.1) is 10.6 Å². The van der Waals surface area contributed by atoms with Crippen LogP contribution >= 0.6 is 11.6 Å². The lowest BCUT2D eigenvalue weighted by Crippen LogP contribution is -2.14. The predicted octanol–water partition coefficient (Wildman–Crippen LogP) is 1.72. The van der Waals surface area contributed by atoms with E-state index in [1.807, 2.05) is 0 Å². The Kier molecular flexibility index (Phi) is 4.57. The molecule has 0 saturated heterocycles. The highest BCUT2D eigenvalue weighted by atomic mass is 35.5. The molecule has 3 nitrogen and oxygen atoms in total. The monoisotopic (exact) mass is 247 g/mol. The van der Waals surface area contributed by atoms with E-state index >= 15 is 0 Å². The Morgan fingerprint density at radius 1 is 1.40 bits per heavy atom. The fourth-order valence-electron chi connectivity index (χ4n) is 1.22. The highest BCUT2D eigenvalue weighted by Crippen LogP contribution is 2.17. The van der Waals surface area contributed by atoms with E-state index in [1.54, 1.807) is 25.2 Å². The Labute approximate surface area is 95.4 Å². The normalized spacial score (nSPS) is 11.6. The number of hydrogen-bond donors (Lipinski definition) is 1. The van der Waals surface area contributed by atoms with Gasteiger partial charge in [-0.2, -0.15) is 0 Å². The van der Waals surface area contributed by atoms with Crippen LogP contribution in [0.15, 0.2) is 29.2 Å². The molecular formula is C10H14ClNO2S. The van der Waals surface area contributed by atoms with Gasteiger partial charge in [0.25, 0.3) is 0 Å². The summed E-state index contributed by atoms with van der Waals surface area (Å²) < 4.78 is 23.5. The van der Waals surface area contributed by atoms with Crippen molar-refractivity contribution < 1.29 is 8.42 Å². The summed E-state index contributed by atoms with van der Waals surface area (Å²) >= 11 is 5.74. The Morgan fingerprint density at radius 3 is 2.73 bits per heavy atom. The van der Waals surface area contributed by atoms with Gasteiger partial charge in [-0.25, -0.2) is 8.42 Å². The highest BCUT2D eigenvalue weighted by Gasteiger charge is 2.13. The van der Waals surface area contributed by atoms with Crippen LogP contribution in [0.5, 0.6) is 0 Å². The smallest absolute Gasteiger partial charge is 0.178 e. The summed E-state index contributed by atoms with van der Waals surface area (Å²) in [6.45, 7) is 0.694. The predicted molar refractivity (Wildman–Crippen MR) is 62.0 cm³/mol. The van der Waals surface area contributed by atoms with Gasteiger partial charge in [-0.3, -0.25) is 0 Å². The van der Waals surface area contributed by atoms with Gasteiger partial charge in [-0.05, 0) is 38.2 Å². The van der Waals surface area contributed by atoms with Gasteiger partial charge in [0, 0.05) is 5.02 Å². The quantitative estimate of drug-likeness (QED) is 0.806. The zero-order valence-electron chi connectivity index (χ0n) is 8.53. The van der Waals surface area contributed by atoms with Crippen LogP contribution in [-0.2, 0) is 9.84 Å².